The van der Waals surface area contributed by atoms with Gasteiger partial charge in [-0.15, -0.1) is 0 Å². The Balaban J connectivity index is 1.99. The topological polar surface area (TPSA) is 18.5 Å². The number of rotatable bonds is 2. The summed E-state index contributed by atoms with van der Waals surface area (Å²) in [5.74, 6) is 1.89. The van der Waals surface area contributed by atoms with Crippen LogP contribution in [0.15, 0.2) is 94.7 Å². The van der Waals surface area contributed by atoms with Gasteiger partial charge in [0, 0.05) is 10.4 Å². The average molecular weight is 623 g/mol. The van der Waals surface area contributed by atoms with Crippen molar-refractivity contribution in [1.29, 1.82) is 0 Å². The maximum Gasteiger partial charge on any atom is 0.531 e. The molecule has 0 unspecified atom stereocenters. The van der Waals surface area contributed by atoms with Crippen LogP contribution in [-0.2, 0) is 21.7 Å². The lowest BCUT2D eigenvalue weighted by Gasteiger charge is -2.40. The number of fused-ring (bicyclic) bond motifs is 2. The molecule has 4 aromatic carbocycles. The SMILES string of the molecule is CC(C)(C)c1cc2c(c(C(C)(C)C)c1)O[Si](c1ccccc1)(c1ccccc1)Oc1c(cc(C(C)(C)C)cc1C(C)(C)C)S2. The van der Waals surface area contributed by atoms with E-state index < -0.39 is 8.56 Å². The predicted octanol–water partition coefficient (Wildman–Crippen LogP) is 10.1. The third-order valence-electron chi connectivity index (χ3n) is 8.48. The van der Waals surface area contributed by atoms with E-state index in [0.717, 1.165) is 31.7 Å². The van der Waals surface area contributed by atoms with Gasteiger partial charge in [0.25, 0.3) is 0 Å². The molecule has 0 radical (unpaired) electrons. The lowest BCUT2D eigenvalue weighted by Crippen LogP contribution is -2.68. The Kier molecular flexibility index (Phi) is 8.21. The van der Waals surface area contributed by atoms with E-state index in [1.165, 1.54) is 22.3 Å². The first-order valence-electron chi connectivity index (χ1n) is 15.9. The Morgan fingerprint density at radius 1 is 0.455 bits per heavy atom. The molecule has 44 heavy (non-hydrogen) atoms. The van der Waals surface area contributed by atoms with Crippen molar-refractivity contribution < 1.29 is 8.85 Å². The summed E-state index contributed by atoms with van der Waals surface area (Å²) in [6.45, 7) is 27.6. The fraction of sp³-hybridized carbons (Fsp3) is 0.400. The maximum atomic E-state index is 7.64. The zero-order valence-electron chi connectivity index (χ0n) is 28.8. The fourth-order valence-electron chi connectivity index (χ4n) is 5.69. The highest BCUT2D eigenvalue weighted by atomic mass is 32.2. The summed E-state index contributed by atoms with van der Waals surface area (Å²) in [6, 6.07) is 30.8. The summed E-state index contributed by atoms with van der Waals surface area (Å²) in [5, 5.41) is 2.18. The minimum absolute atomic E-state index is 0.0194. The summed E-state index contributed by atoms with van der Waals surface area (Å²) >= 11 is 1.80. The van der Waals surface area contributed by atoms with Crippen molar-refractivity contribution in [3.05, 3.63) is 107 Å². The second-order valence-electron chi connectivity index (χ2n) is 16.4. The van der Waals surface area contributed by atoms with Gasteiger partial charge >= 0.3 is 8.56 Å². The van der Waals surface area contributed by atoms with Crippen molar-refractivity contribution >= 4 is 30.7 Å². The first kappa shape index (κ1) is 32.4. The van der Waals surface area contributed by atoms with E-state index >= 15 is 0 Å². The molecule has 1 aliphatic heterocycles. The van der Waals surface area contributed by atoms with Gasteiger partial charge in [-0.3, -0.25) is 0 Å². The lowest BCUT2D eigenvalue weighted by molar-refractivity contribution is 0.384. The average Bonchev–Trinajstić information content (AvgIpc) is 2.91. The minimum Gasteiger partial charge on any atom is -0.504 e. The van der Waals surface area contributed by atoms with E-state index in [0.29, 0.717) is 0 Å². The van der Waals surface area contributed by atoms with Crippen LogP contribution in [0.2, 0.25) is 0 Å². The van der Waals surface area contributed by atoms with Crippen molar-refractivity contribution in [2.75, 3.05) is 0 Å². The van der Waals surface area contributed by atoms with E-state index in [1.54, 1.807) is 11.8 Å². The van der Waals surface area contributed by atoms with E-state index in [9.17, 15) is 0 Å². The van der Waals surface area contributed by atoms with E-state index in [-0.39, 0.29) is 21.7 Å². The van der Waals surface area contributed by atoms with E-state index in [4.69, 9.17) is 8.85 Å². The van der Waals surface area contributed by atoms with Gasteiger partial charge in [0.15, 0.2) is 0 Å². The highest BCUT2D eigenvalue weighted by molar-refractivity contribution is 7.99. The molecule has 0 saturated carbocycles. The molecule has 232 valence electrons. The molecule has 5 rings (SSSR count). The van der Waals surface area contributed by atoms with Gasteiger partial charge < -0.3 is 8.85 Å². The predicted molar refractivity (Wildman–Crippen MR) is 191 cm³/mol. The quantitative estimate of drug-likeness (QED) is 0.207. The molecule has 0 aromatic heterocycles. The smallest absolute Gasteiger partial charge is 0.504 e. The lowest BCUT2D eigenvalue weighted by atomic mass is 9.80. The molecule has 0 aliphatic carbocycles. The first-order chi connectivity index (χ1) is 20.3. The molecule has 4 heteroatoms. The summed E-state index contributed by atoms with van der Waals surface area (Å²) in [5.41, 5.74) is 4.72. The van der Waals surface area contributed by atoms with Crippen LogP contribution in [0, 0.1) is 0 Å². The Morgan fingerprint density at radius 2 is 0.795 bits per heavy atom. The third-order valence-corrected chi connectivity index (χ3v) is 12.7. The van der Waals surface area contributed by atoms with Crippen LogP contribution in [-0.4, -0.2) is 8.56 Å². The Morgan fingerprint density at radius 3 is 1.09 bits per heavy atom. The van der Waals surface area contributed by atoms with Crippen molar-refractivity contribution in [3.63, 3.8) is 0 Å². The molecule has 0 N–H and O–H groups in total. The van der Waals surface area contributed by atoms with Crippen molar-refractivity contribution in [2.24, 2.45) is 0 Å². The van der Waals surface area contributed by atoms with Crippen LogP contribution in [0.25, 0.3) is 0 Å². The van der Waals surface area contributed by atoms with Gasteiger partial charge in [-0.1, -0.05) is 168 Å². The van der Waals surface area contributed by atoms with Crippen LogP contribution in [0.4, 0.5) is 0 Å². The fourth-order valence-corrected chi connectivity index (χ4v) is 10.1. The van der Waals surface area contributed by atoms with Crippen LogP contribution >= 0.6 is 11.8 Å². The normalized spacial score (nSPS) is 15.3. The molecule has 2 nitrogen and oxygen atoms in total. The van der Waals surface area contributed by atoms with E-state index in [1.807, 2.05) is 0 Å². The van der Waals surface area contributed by atoms with Crippen molar-refractivity contribution in [3.8, 4) is 11.5 Å². The molecule has 0 fully saturated rings. The maximum absolute atomic E-state index is 7.64. The number of hydrogen-bond acceptors (Lipinski definition) is 3. The summed E-state index contributed by atoms with van der Waals surface area (Å²) < 4.78 is 15.3. The summed E-state index contributed by atoms with van der Waals surface area (Å²) in [4.78, 5) is 2.31. The molecule has 0 spiro atoms. The highest BCUT2D eigenvalue weighted by Crippen LogP contribution is 2.52. The van der Waals surface area contributed by atoms with Crippen molar-refractivity contribution in [2.45, 2.75) is 115 Å². The minimum atomic E-state index is -3.38. The second kappa shape index (κ2) is 11.1. The Hall–Kier alpha value is -2.95. The van der Waals surface area contributed by atoms with Crippen molar-refractivity contribution in [1.82, 2.24) is 0 Å². The summed E-state index contributed by atoms with van der Waals surface area (Å²) in [7, 11) is -3.38. The van der Waals surface area contributed by atoms with Crippen LogP contribution in [0.5, 0.6) is 11.5 Å². The number of benzene rings is 4. The molecule has 0 atom stereocenters. The molecule has 0 bridgehead atoms. The van der Waals surface area contributed by atoms with Crippen LogP contribution < -0.4 is 19.2 Å². The van der Waals surface area contributed by atoms with Crippen LogP contribution in [0.1, 0.15) is 105 Å². The standard InChI is InChI=1S/C40H50O2SSi/c1-37(2,3)27-23-31(39(7,8)9)35-33(25-27)43-34-26-28(38(4,5)6)24-32(40(10,11)12)36(34)42-44(41-35,29-19-15-13-16-20-29)30-21-17-14-18-22-30/h13-26H,1-12H3. The van der Waals surface area contributed by atoms with E-state index in [2.05, 4.69) is 168 Å². The van der Waals surface area contributed by atoms with Gasteiger partial charge in [0.2, 0.25) is 0 Å². The van der Waals surface area contributed by atoms with Gasteiger partial charge in [-0.25, -0.2) is 0 Å². The molecular weight excluding hydrogens is 573 g/mol. The number of hydrogen-bond donors (Lipinski definition) is 0. The molecule has 0 saturated heterocycles. The molecule has 1 aliphatic rings. The van der Waals surface area contributed by atoms with Crippen LogP contribution in [0.3, 0.4) is 0 Å². The Labute approximate surface area is 271 Å². The Bertz CT molecular complexity index is 1520. The third kappa shape index (κ3) is 6.26. The van der Waals surface area contributed by atoms with Gasteiger partial charge in [-0.2, -0.15) is 0 Å². The molecule has 4 aromatic rings. The largest absolute Gasteiger partial charge is 0.531 e. The van der Waals surface area contributed by atoms with Gasteiger partial charge in [0.1, 0.15) is 11.5 Å². The zero-order valence-corrected chi connectivity index (χ0v) is 30.6. The second-order valence-corrected chi connectivity index (χ2v) is 20.2. The zero-order chi connectivity index (χ0) is 32.3. The molecular formula is C40H50O2SSi. The highest BCUT2D eigenvalue weighted by Gasteiger charge is 2.51. The molecule has 0 amide bonds. The van der Waals surface area contributed by atoms with Gasteiger partial charge in [-0.05, 0) is 56.0 Å². The first-order valence-corrected chi connectivity index (χ1v) is 18.5. The summed E-state index contributed by atoms with van der Waals surface area (Å²) in [6.07, 6.45) is 0. The van der Waals surface area contributed by atoms with Gasteiger partial charge in [0.05, 0.1) is 9.79 Å². The molecule has 1 heterocycles. The monoisotopic (exact) mass is 622 g/mol.